The van der Waals surface area contributed by atoms with E-state index < -0.39 is 0 Å². The van der Waals surface area contributed by atoms with Crippen LogP contribution in [0, 0.1) is 0 Å². The lowest BCUT2D eigenvalue weighted by molar-refractivity contribution is 0.230. The molecule has 1 rings (SSSR count). The molecule has 0 bridgehead atoms. The van der Waals surface area contributed by atoms with Crippen LogP contribution in [0.3, 0.4) is 0 Å². The number of hydrogen-bond donors (Lipinski definition) is 0. The fourth-order valence-corrected chi connectivity index (χ4v) is 1.83. The van der Waals surface area contributed by atoms with Crippen LogP contribution in [0.15, 0.2) is 30.3 Å². The summed E-state index contributed by atoms with van der Waals surface area (Å²) in [6.45, 7) is 6.83. The molecule has 0 aliphatic rings. The number of likely N-dealkylation sites (N-methyl/N-ethyl adjacent to an activating group) is 1. The zero-order chi connectivity index (χ0) is 12.5. The van der Waals surface area contributed by atoms with E-state index in [0.29, 0.717) is 0 Å². The minimum atomic E-state index is 1.08. The fourth-order valence-electron chi connectivity index (χ4n) is 1.83. The maximum atomic E-state index is 2.55. The third-order valence-corrected chi connectivity index (χ3v) is 2.94. The first kappa shape index (κ1) is 14.2. The molecule has 1 aromatic rings. The highest BCUT2D eigenvalue weighted by molar-refractivity contribution is 5.14. The molecule has 0 N–H and O–H groups in total. The van der Waals surface area contributed by atoms with Crippen LogP contribution in [0.1, 0.15) is 25.3 Å². The van der Waals surface area contributed by atoms with E-state index in [0.717, 1.165) is 19.6 Å². The molecule has 0 fully saturated rings. The van der Waals surface area contributed by atoms with Crippen LogP contribution in [0.4, 0.5) is 0 Å². The Kier molecular flexibility index (Phi) is 6.90. The van der Waals surface area contributed by atoms with E-state index in [1.807, 2.05) is 0 Å². The van der Waals surface area contributed by atoms with E-state index in [1.54, 1.807) is 0 Å². The van der Waals surface area contributed by atoms with Gasteiger partial charge in [0.05, 0.1) is 0 Å². The van der Waals surface area contributed by atoms with Crippen molar-refractivity contribution in [2.24, 2.45) is 0 Å². The Balaban J connectivity index is 2.44. The van der Waals surface area contributed by atoms with Crippen LogP contribution in [0.5, 0.6) is 0 Å². The topological polar surface area (TPSA) is 6.48 Å². The molecule has 0 saturated carbocycles. The van der Waals surface area contributed by atoms with Gasteiger partial charge in [-0.25, -0.2) is 0 Å². The largest absolute Gasteiger partial charge is 0.308 e. The molecule has 0 saturated heterocycles. The van der Waals surface area contributed by atoms with Gasteiger partial charge in [0.2, 0.25) is 0 Å². The van der Waals surface area contributed by atoms with E-state index in [9.17, 15) is 0 Å². The van der Waals surface area contributed by atoms with Crippen LogP contribution in [-0.4, -0.2) is 43.5 Å². The number of unbranched alkanes of at least 4 members (excludes halogenated alkanes) is 1. The summed E-state index contributed by atoms with van der Waals surface area (Å²) in [5, 5.41) is 0. The van der Waals surface area contributed by atoms with Gasteiger partial charge in [-0.3, -0.25) is 4.90 Å². The van der Waals surface area contributed by atoms with Crippen molar-refractivity contribution in [1.82, 2.24) is 9.80 Å². The zero-order valence-electron chi connectivity index (χ0n) is 11.5. The average Bonchev–Trinajstić information content (AvgIpc) is 2.34. The van der Waals surface area contributed by atoms with Crippen LogP contribution in [0.25, 0.3) is 0 Å². The Morgan fingerprint density at radius 2 is 1.65 bits per heavy atom. The van der Waals surface area contributed by atoms with Gasteiger partial charge < -0.3 is 4.90 Å². The maximum Gasteiger partial charge on any atom is 0.0234 e. The Morgan fingerprint density at radius 1 is 0.941 bits per heavy atom. The van der Waals surface area contributed by atoms with Crippen molar-refractivity contribution in [2.75, 3.05) is 33.7 Å². The molecule has 0 atom stereocenters. The van der Waals surface area contributed by atoms with Crippen LogP contribution < -0.4 is 0 Å². The summed E-state index contributed by atoms with van der Waals surface area (Å²) in [4.78, 5) is 4.81. The Bertz CT molecular complexity index is 282. The molecule has 0 unspecified atom stereocenters. The first-order valence-corrected chi connectivity index (χ1v) is 6.63. The van der Waals surface area contributed by atoms with E-state index in [-0.39, 0.29) is 0 Å². The molecule has 2 heteroatoms. The van der Waals surface area contributed by atoms with Gasteiger partial charge in [-0.05, 0) is 32.6 Å². The Hall–Kier alpha value is -0.860. The Morgan fingerprint density at radius 3 is 2.24 bits per heavy atom. The van der Waals surface area contributed by atoms with Crippen molar-refractivity contribution in [2.45, 2.75) is 26.3 Å². The smallest absolute Gasteiger partial charge is 0.0234 e. The molecular weight excluding hydrogens is 208 g/mol. The van der Waals surface area contributed by atoms with Gasteiger partial charge in [0, 0.05) is 19.6 Å². The third kappa shape index (κ3) is 6.44. The summed E-state index contributed by atoms with van der Waals surface area (Å²) < 4.78 is 0. The highest BCUT2D eigenvalue weighted by atomic mass is 15.2. The molecule has 17 heavy (non-hydrogen) atoms. The molecule has 0 aliphatic heterocycles. The lowest BCUT2D eigenvalue weighted by Gasteiger charge is -2.24. The van der Waals surface area contributed by atoms with Crippen molar-refractivity contribution >= 4 is 0 Å². The normalized spacial score (nSPS) is 11.4. The van der Waals surface area contributed by atoms with Crippen molar-refractivity contribution in [3.63, 3.8) is 0 Å². The van der Waals surface area contributed by atoms with Gasteiger partial charge in [-0.1, -0.05) is 43.7 Å². The van der Waals surface area contributed by atoms with Gasteiger partial charge in [0.25, 0.3) is 0 Å². The van der Waals surface area contributed by atoms with Gasteiger partial charge in [-0.15, -0.1) is 0 Å². The van der Waals surface area contributed by atoms with E-state index in [4.69, 9.17) is 0 Å². The maximum absolute atomic E-state index is 2.55. The SMILES string of the molecule is CCCCN(CCN(C)C)Cc1ccccc1. The lowest BCUT2D eigenvalue weighted by atomic mass is 10.2. The summed E-state index contributed by atoms with van der Waals surface area (Å²) in [6.07, 6.45) is 2.56. The van der Waals surface area contributed by atoms with Crippen LogP contribution in [0.2, 0.25) is 0 Å². The van der Waals surface area contributed by atoms with Crippen molar-refractivity contribution < 1.29 is 0 Å². The highest BCUT2D eigenvalue weighted by Gasteiger charge is 2.05. The molecule has 0 amide bonds. The highest BCUT2D eigenvalue weighted by Crippen LogP contribution is 2.05. The third-order valence-electron chi connectivity index (χ3n) is 2.94. The molecule has 96 valence electrons. The van der Waals surface area contributed by atoms with Crippen molar-refractivity contribution in [3.8, 4) is 0 Å². The molecule has 2 nitrogen and oxygen atoms in total. The standard InChI is InChI=1S/C15H26N2/c1-4-5-11-17(13-12-16(2)3)14-15-9-7-6-8-10-15/h6-10H,4-5,11-14H2,1-3H3. The molecule has 0 spiro atoms. The second-order valence-electron chi connectivity index (χ2n) is 4.92. The lowest BCUT2D eigenvalue weighted by Crippen LogP contribution is -2.32. The molecule has 0 aliphatic carbocycles. The van der Waals surface area contributed by atoms with Crippen molar-refractivity contribution in [3.05, 3.63) is 35.9 Å². The average molecular weight is 234 g/mol. The molecule has 0 heterocycles. The number of hydrogen-bond acceptors (Lipinski definition) is 2. The zero-order valence-corrected chi connectivity index (χ0v) is 11.5. The van der Waals surface area contributed by atoms with E-state index in [2.05, 4.69) is 61.2 Å². The first-order chi connectivity index (χ1) is 8.22. The summed E-state index contributed by atoms with van der Waals surface area (Å²) in [5.41, 5.74) is 1.42. The second kappa shape index (κ2) is 8.26. The van der Waals surface area contributed by atoms with E-state index >= 15 is 0 Å². The summed E-state index contributed by atoms with van der Waals surface area (Å²) in [6, 6.07) is 10.8. The number of nitrogens with zero attached hydrogens (tertiary/aromatic N) is 2. The quantitative estimate of drug-likeness (QED) is 0.682. The first-order valence-electron chi connectivity index (χ1n) is 6.63. The predicted octanol–water partition coefficient (Wildman–Crippen LogP) is 2.85. The van der Waals surface area contributed by atoms with Gasteiger partial charge >= 0.3 is 0 Å². The summed E-state index contributed by atoms with van der Waals surface area (Å²) in [7, 11) is 4.28. The monoisotopic (exact) mass is 234 g/mol. The second-order valence-corrected chi connectivity index (χ2v) is 4.92. The molecule has 0 radical (unpaired) electrons. The predicted molar refractivity (Wildman–Crippen MR) is 75.2 cm³/mol. The molecule has 0 aromatic heterocycles. The minimum Gasteiger partial charge on any atom is -0.308 e. The number of rotatable bonds is 8. The fraction of sp³-hybridized carbons (Fsp3) is 0.600. The Labute approximate surface area is 106 Å². The van der Waals surface area contributed by atoms with Gasteiger partial charge in [-0.2, -0.15) is 0 Å². The molecule has 1 aromatic carbocycles. The number of benzene rings is 1. The van der Waals surface area contributed by atoms with Gasteiger partial charge in [0.15, 0.2) is 0 Å². The van der Waals surface area contributed by atoms with Crippen molar-refractivity contribution in [1.29, 1.82) is 0 Å². The summed E-state index contributed by atoms with van der Waals surface area (Å²) >= 11 is 0. The van der Waals surface area contributed by atoms with Crippen LogP contribution in [-0.2, 0) is 6.54 Å². The van der Waals surface area contributed by atoms with Gasteiger partial charge in [0.1, 0.15) is 0 Å². The van der Waals surface area contributed by atoms with Crippen LogP contribution >= 0.6 is 0 Å². The minimum absolute atomic E-state index is 1.08. The van der Waals surface area contributed by atoms with E-state index in [1.165, 1.54) is 24.9 Å². The molecular formula is C15H26N2. The summed E-state index contributed by atoms with van der Waals surface area (Å²) in [5.74, 6) is 0.